The number of hydrogen-bond donors (Lipinski definition) is 2. The van der Waals surface area contributed by atoms with Crippen LogP contribution in [0.5, 0.6) is 0 Å². The van der Waals surface area contributed by atoms with Crippen LogP contribution >= 0.6 is 0 Å². The molecule has 0 unspecified atom stereocenters. The van der Waals surface area contributed by atoms with Gasteiger partial charge in [0.15, 0.2) is 0 Å². The Morgan fingerprint density at radius 3 is 2.79 bits per heavy atom. The van der Waals surface area contributed by atoms with Crippen LogP contribution in [0.4, 0.5) is 5.95 Å². The van der Waals surface area contributed by atoms with Crippen molar-refractivity contribution in [3.8, 4) is 22.5 Å². The molecule has 1 aromatic carbocycles. The molecule has 0 radical (unpaired) electrons. The predicted molar refractivity (Wildman–Crippen MR) is 111 cm³/mol. The van der Waals surface area contributed by atoms with E-state index in [0.29, 0.717) is 12.0 Å². The van der Waals surface area contributed by atoms with Crippen molar-refractivity contribution >= 4 is 11.5 Å². The summed E-state index contributed by atoms with van der Waals surface area (Å²) in [4.78, 5) is 9.29. The Morgan fingerprint density at radius 2 is 1.93 bits per heavy atom. The summed E-state index contributed by atoms with van der Waals surface area (Å²) in [5.41, 5.74) is 4.94. The van der Waals surface area contributed by atoms with Gasteiger partial charge in [0, 0.05) is 30.5 Å². The second-order valence-electron chi connectivity index (χ2n) is 7.07. The minimum absolute atomic E-state index is 0.363. The third-order valence-corrected chi connectivity index (χ3v) is 5.13. The lowest BCUT2D eigenvalue weighted by Crippen LogP contribution is -2.38. The van der Waals surface area contributed by atoms with E-state index >= 15 is 0 Å². The van der Waals surface area contributed by atoms with Crippen LogP contribution in [0, 0.1) is 0 Å². The van der Waals surface area contributed by atoms with Gasteiger partial charge in [0.05, 0.1) is 16.8 Å². The first-order valence-corrected chi connectivity index (χ1v) is 9.72. The first-order valence-electron chi connectivity index (χ1n) is 9.72. The van der Waals surface area contributed by atoms with Crippen molar-refractivity contribution in [3.05, 3.63) is 67.0 Å². The van der Waals surface area contributed by atoms with Crippen LogP contribution in [-0.4, -0.2) is 38.7 Å². The molecule has 0 aliphatic carbocycles. The molecule has 6 nitrogen and oxygen atoms in total. The fourth-order valence-electron chi connectivity index (χ4n) is 3.77. The van der Waals surface area contributed by atoms with Gasteiger partial charge >= 0.3 is 0 Å². The highest BCUT2D eigenvalue weighted by Crippen LogP contribution is 2.34. The van der Waals surface area contributed by atoms with Crippen LogP contribution in [0.1, 0.15) is 12.8 Å². The standard InChI is InChI=1S/C22H22N6/c1-2-7-16(8-3-1)21-20(19-10-4-5-14-28(19)27-21)18-11-13-24-22(26-18)25-17-9-6-12-23-15-17/h1-5,7-8,10-11,13-14,17,23H,6,9,12,15H2,(H,24,25,26)/t17-/m0/s1. The van der Waals surface area contributed by atoms with E-state index in [1.54, 1.807) is 0 Å². The molecule has 4 heterocycles. The maximum absolute atomic E-state index is 4.84. The maximum Gasteiger partial charge on any atom is 0.223 e. The van der Waals surface area contributed by atoms with E-state index in [4.69, 9.17) is 10.1 Å². The van der Waals surface area contributed by atoms with E-state index in [2.05, 4.69) is 33.8 Å². The highest BCUT2D eigenvalue weighted by atomic mass is 15.2. The van der Waals surface area contributed by atoms with Crippen LogP contribution in [0.2, 0.25) is 0 Å². The number of hydrogen-bond acceptors (Lipinski definition) is 5. The van der Waals surface area contributed by atoms with E-state index in [-0.39, 0.29) is 0 Å². The molecule has 6 heteroatoms. The number of anilines is 1. The molecule has 0 spiro atoms. The summed E-state index contributed by atoms with van der Waals surface area (Å²) in [5, 5.41) is 11.7. The van der Waals surface area contributed by atoms with Gasteiger partial charge in [-0.25, -0.2) is 14.5 Å². The van der Waals surface area contributed by atoms with E-state index in [0.717, 1.165) is 47.5 Å². The number of fused-ring (bicyclic) bond motifs is 1. The topological polar surface area (TPSA) is 67.1 Å². The molecular formula is C22H22N6. The maximum atomic E-state index is 4.84. The van der Waals surface area contributed by atoms with E-state index < -0.39 is 0 Å². The SMILES string of the molecule is c1ccc(-c2nn3ccccc3c2-c2ccnc(N[C@H]3CCCNC3)n2)cc1. The zero-order chi connectivity index (χ0) is 18.8. The van der Waals surface area contributed by atoms with Crippen LogP contribution in [-0.2, 0) is 0 Å². The first kappa shape index (κ1) is 16.9. The Balaban J connectivity index is 1.60. The van der Waals surface area contributed by atoms with Crippen molar-refractivity contribution in [1.29, 1.82) is 0 Å². The number of nitrogens with zero attached hydrogens (tertiary/aromatic N) is 4. The molecule has 1 atom stereocenters. The zero-order valence-electron chi connectivity index (χ0n) is 15.5. The molecule has 4 aromatic rings. The second-order valence-corrected chi connectivity index (χ2v) is 7.07. The minimum atomic E-state index is 0.363. The zero-order valence-corrected chi connectivity index (χ0v) is 15.5. The van der Waals surface area contributed by atoms with Gasteiger partial charge in [0.2, 0.25) is 5.95 Å². The van der Waals surface area contributed by atoms with Crippen LogP contribution < -0.4 is 10.6 Å². The Labute approximate surface area is 163 Å². The van der Waals surface area contributed by atoms with E-state index in [1.165, 1.54) is 6.42 Å². The molecule has 1 aliphatic rings. The van der Waals surface area contributed by atoms with Gasteiger partial charge in [-0.3, -0.25) is 0 Å². The second kappa shape index (κ2) is 7.40. The Bertz CT molecular complexity index is 1080. The molecule has 140 valence electrons. The highest BCUT2D eigenvalue weighted by Gasteiger charge is 2.19. The molecule has 3 aromatic heterocycles. The molecule has 1 saturated heterocycles. The summed E-state index contributed by atoms with van der Waals surface area (Å²) in [6, 6.07) is 18.7. The van der Waals surface area contributed by atoms with Crippen molar-refractivity contribution in [1.82, 2.24) is 24.9 Å². The lowest BCUT2D eigenvalue weighted by atomic mass is 10.0. The van der Waals surface area contributed by atoms with E-state index in [9.17, 15) is 0 Å². The fraction of sp³-hybridized carbons (Fsp3) is 0.227. The Morgan fingerprint density at radius 1 is 1.04 bits per heavy atom. The molecular weight excluding hydrogens is 348 g/mol. The average Bonchev–Trinajstić information content (AvgIpc) is 3.15. The fourth-order valence-corrected chi connectivity index (χ4v) is 3.77. The third-order valence-electron chi connectivity index (χ3n) is 5.13. The molecule has 0 saturated carbocycles. The van der Waals surface area contributed by atoms with Gasteiger partial charge in [0.1, 0.15) is 5.69 Å². The molecule has 5 rings (SSSR count). The van der Waals surface area contributed by atoms with Gasteiger partial charge in [0.25, 0.3) is 0 Å². The number of rotatable bonds is 4. The Hall–Kier alpha value is -3.25. The lowest BCUT2D eigenvalue weighted by Gasteiger charge is -2.23. The number of pyridine rings is 1. The van der Waals surface area contributed by atoms with Gasteiger partial charge in [-0.1, -0.05) is 36.4 Å². The number of aromatic nitrogens is 4. The van der Waals surface area contributed by atoms with Crippen molar-refractivity contribution < 1.29 is 0 Å². The number of benzene rings is 1. The lowest BCUT2D eigenvalue weighted by molar-refractivity contribution is 0.478. The van der Waals surface area contributed by atoms with E-state index in [1.807, 2.05) is 53.3 Å². The van der Waals surface area contributed by atoms with Gasteiger partial charge in [-0.15, -0.1) is 0 Å². The number of piperidine rings is 1. The smallest absolute Gasteiger partial charge is 0.223 e. The van der Waals surface area contributed by atoms with Crippen molar-refractivity contribution in [2.75, 3.05) is 18.4 Å². The summed E-state index contributed by atoms with van der Waals surface area (Å²) < 4.78 is 1.91. The number of nitrogens with one attached hydrogen (secondary N) is 2. The van der Waals surface area contributed by atoms with Gasteiger partial charge in [-0.2, -0.15) is 5.10 Å². The molecule has 0 amide bonds. The predicted octanol–water partition coefficient (Wildman–Crippen LogP) is 3.62. The van der Waals surface area contributed by atoms with Gasteiger partial charge < -0.3 is 10.6 Å². The third kappa shape index (κ3) is 3.23. The summed E-state index contributed by atoms with van der Waals surface area (Å²) >= 11 is 0. The molecule has 28 heavy (non-hydrogen) atoms. The molecule has 2 N–H and O–H groups in total. The van der Waals surface area contributed by atoms with Crippen LogP contribution in [0.25, 0.3) is 28.0 Å². The summed E-state index contributed by atoms with van der Waals surface area (Å²) in [7, 11) is 0. The van der Waals surface area contributed by atoms with Crippen molar-refractivity contribution in [2.24, 2.45) is 0 Å². The largest absolute Gasteiger partial charge is 0.350 e. The molecule has 0 bridgehead atoms. The summed E-state index contributed by atoms with van der Waals surface area (Å²) in [5.74, 6) is 0.667. The van der Waals surface area contributed by atoms with Crippen molar-refractivity contribution in [3.63, 3.8) is 0 Å². The molecule has 1 aliphatic heterocycles. The summed E-state index contributed by atoms with van der Waals surface area (Å²) in [6.07, 6.45) is 6.09. The first-order chi connectivity index (χ1) is 13.9. The normalized spacial score (nSPS) is 16.9. The quantitative estimate of drug-likeness (QED) is 0.574. The highest BCUT2D eigenvalue weighted by molar-refractivity contribution is 5.90. The monoisotopic (exact) mass is 370 g/mol. The van der Waals surface area contributed by atoms with Crippen molar-refractivity contribution in [2.45, 2.75) is 18.9 Å². The minimum Gasteiger partial charge on any atom is -0.350 e. The average molecular weight is 370 g/mol. The Kier molecular flexibility index (Phi) is 4.47. The molecule has 1 fully saturated rings. The van der Waals surface area contributed by atoms with Crippen LogP contribution in [0.15, 0.2) is 67.0 Å². The van der Waals surface area contributed by atoms with Crippen LogP contribution in [0.3, 0.4) is 0 Å². The summed E-state index contributed by atoms with van der Waals surface area (Å²) in [6.45, 7) is 2.03. The van der Waals surface area contributed by atoms with Gasteiger partial charge in [-0.05, 0) is 37.6 Å².